The van der Waals surface area contributed by atoms with Gasteiger partial charge in [0.25, 0.3) is 0 Å². The molecule has 0 aromatic rings. The van der Waals surface area contributed by atoms with Crippen LogP contribution in [0, 0.1) is 5.41 Å². The van der Waals surface area contributed by atoms with E-state index in [2.05, 4.69) is 5.32 Å². The molecule has 1 saturated heterocycles. The molecule has 1 atom stereocenters. The van der Waals surface area contributed by atoms with Crippen molar-refractivity contribution >= 4 is 17.8 Å². The van der Waals surface area contributed by atoms with Crippen LogP contribution in [0.25, 0.3) is 0 Å². The molecule has 5 heteroatoms. The second kappa shape index (κ2) is 4.69. The summed E-state index contributed by atoms with van der Waals surface area (Å²) in [5.41, 5.74) is -0.0992. The van der Waals surface area contributed by atoms with Crippen molar-refractivity contribution in [2.45, 2.75) is 33.6 Å². The van der Waals surface area contributed by atoms with Crippen molar-refractivity contribution in [1.82, 2.24) is 10.2 Å². The van der Waals surface area contributed by atoms with Crippen molar-refractivity contribution in [3.8, 4) is 0 Å². The Hall–Kier alpha value is -1.65. The summed E-state index contributed by atoms with van der Waals surface area (Å²) in [6, 6.07) is -0.652. The molecule has 0 saturated carbocycles. The first kappa shape index (κ1) is 13.4. The predicted octanol–water partition coefficient (Wildman–Crippen LogP) is 1.45. The maximum absolute atomic E-state index is 12.1. The van der Waals surface area contributed by atoms with Crippen molar-refractivity contribution in [3.05, 3.63) is 11.6 Å². The van der Waals surface area contributed by atoms with Crippen LogP contribution in [0.3, 0.4) is 0 Å². The normalized spacial score (nSPS) is 24.7. The summed E-state index contributed by atoms with van der Waals surface area (Å²) in [5, 5.41) is 2.22. The van der Waals surface area contributed by atoms with Crippen LogP contribution in [-0.4, -0.2) is 29.8 Å². The van der Waals surface area contributed by atoms with E-state index in [-0.39, 0.29) is 0 Å². The Morgan fingerprint density at radius 1 is 1.35 bits per heavy atom. The maximum atomic E-state index is 12.1. The molecule has 0 aromatic heterocycles. The molecule has 1 N–H and O–H groups in total. The van der Waals surface area contributed by atoms with Gasteiger partial charge in [-0.15, -0.1) is 0 Å². The number of hydrogen-bond acceptors (Lipinski definition) is 3. The van der Waals surface area contributed by atoms with Gasteiger partial charge in [0, 0.05) is 7.05 Å². The number of amides is 4. The highest BCUT2D eigenvalue weighted by molar-refractivity contribution is 6.19. The molecule has 0 aromatic carbocycles. The Morgan fingerprint density at radius 2 is 1.94 bits per heavy atom. The van der Waals surface area contributed by atoms with Gasteiger partial charge in [0.2, 0.25) is 11.8 Å². The van der Waals surface area contributed by atoms with Gasteiger partial charge in [-0.05, 0) is 26.7 Å². The van der Waals surface area contributed by atoms with Crippen LogP contribution in [0.4, 0.5) is 4.79 Å². The number of rotatable bonds is 3. The van der Waals surface area contributed by atoms with E-state index in [0.29, 0.717) is 12.8 Å². The number of carbonyl (C=O) groups excluding carboxylic acids is 3. The highest BCUT2D eigenvalue weighted by Crippen LogP contribution is 2.32. The first-order valence-electron chi connectivity index (χ1n) is 5.62. The number of carbonyl (C=O) groups is 3. The van der Waals surface area contributed by atoms with Gasteiger partial charge in [0.1, 0.15) is 5.41 Å². The van der Waals surface area contributed by atoms with Gasteiger partial charge in [-0.1, -0.05) is 18.6 Å². The first-order chi connectivity index (χ1) is 7.85. The summed E-state index contributed by atoms with van der Waals surface area (Å²) in [4.78, 5) is 36.3. The second-order valence-corrected chi connectivity index (χ2v) is 4.54. The molecule has 0 spiro atoms. The number of imide groups is 2. The number of nitrogens with one attached hydrogen (secondary N) is 1. The van der Waals surface area contributed by atoms with Gasteiger partial charge in [0.05, 0.1) is 0 Å². The third-order valence-electron chi connectivity index (χ3n) is 3.14. The summed E-state index contributed by atoms with van der Waals surface area (Å²) in [6.07, 6.45) is 2.55. The summed E-state index contributed by atoms with van der Waals surface area (Å²) in [5.74, 6) is -0.920. The minimum Gasteiger partial charge on any atom is -0.277 e. The Labute approximate surface area is 101 Å². The molecule has 5 nitrogen and oxygen atoms in total. The number of barbiturate groups is 1. The third-order valence-corrected chi connectivity index (χ3v) is 3.14. The monoisotopic (exact) mass is 238 g/mol. The lowest BCUT2D eigenvalue weighted by Gasteiger charge is -2.36. The van der Waals surface area contributed by atoms with Crippen LogP contribution < -0.4 is 5.32 Å². The second-order valence-electron chi connectivity index (χ2n) is 4.54. The third kappa shape index (κ3) is 2.23. The average molecular weight is 238 g/mol. The van der Waals surface area contributed by atoms with Crippen LogP contribution >= 0.6 is 0 Å². The molecule has 1 aliphatic heterocycles. The smallest absolute Gasteiger partial charge is 0.277 e. The molecule has 17 heavy (non-hydrogen) atoms. The van der Waals surface area contributed by atoms with Gasteiger partial charge in [0.15, 0.2) is 0 Å². The number of urea groups is 1. The summed E-state index contributed by atoms with van der Waals surface area (Å²) < 4.78 is 0. The van der Waals surface area contributed by atoms with E-state index in [4.69, 9.17) is 0 Å². The molecule has 0 aliphatic carbocycles. The van der Waals surface area contributed by atoms with E-state index in [1.54, 1.807) is 6.92 Å². The Bertz CT molecular complexity index is 397. The van der Waals surface area contributed by atoms with Gasteiger partial charge in [-0.2, -0.15) is 0 Å². The Morgan fingerprint density at radius 3 is 2.41 bits per heavy atom. The molecule has 1 unspecified atom stereocenters. The fraction of sp³-hybridized carbons (Fsp3) is 0.583. The Balaban J connectivity index is 3.11. The van der Waals surface area contributed by atoms with Crippen molar-refractivity contribution in [2.24, 2.45) is 5.41 Å². The van der Waals surface area contributed by atoms with E-state index in [0.717, 1.165) is 10.5 Å². The minimum atomic E-state index is -1.14. The molecular formula is C12H18N2O3. The van der Waals surface area contributed by atoms with Gasteiger partial charge >= 0.3 is 6.03 Å². The van der Waals surface area contributed by atoms with Crippen molar-refractivity contribution in [2.75, 3.05) is 7.05 Å². The fourth-order valence-electron chi connectivity index (χ4n) is 1.83. The van der Waals surface area contributed by atoms with E-state index in [9.17, 15) is 14.4 Å². The molecule has 4 amide bonds. The van der Waals surface area contributed by atoms with Crippen LogP contribution in [-0.2, 0) is 9.59 Å². The van der Waals surface area contributed by atoms with E-state index >= 15 is 0 Å². The van der Waals surface area contributed by atoms with E-state index in [1.807, 2.05) is 19.9 Å². The largest absolute Gasteiger partial charge is 0.330 e. The molecule has 1 heterocycles. The summed E-state index contributed by atoms with van der Waals surface area (Å²) in [6.45, 7) is 5.59. The van der Waals surface area contributed by atoms with Crippen LogP contribution in [0.2, 0.25) is 0 Å². The van der Waals surface area contributed by atoms with E-state index < -0.39 is 23.3 Å². The quantitative estimate of drug-likeness (QED) is 0.597. The van der Waals surface area contributed by atoms with Crippen LogP contribution in [0.5, 0.6) is 0 Å². The lowest BCUT2D eigenvalue weighted by molar-refractivity contribution is -0.150. The highest BCUT2D eigenvalue weighted by atomic mass is 16.2. The van der Waals surface area contributed by atoms with E-state index in [1.165, 1.54) is 7.05 Å². The topological polar surface area (TPSA) is 66.5 Å². The lowest BCUT2D eigenvalue weighted by atomic mass is 9.77. The fourth-order valence-corrected chi connectivity index (χ4v) is 1.83. The average Bonchev–Trinajstić information content (AvgIpc) is 2.27. The molecule has 1 rings (SSSR count). The Kier molecular flexibility index (Phi) is 3.70. The summed E-state index contributed by atoms with van der Waals surface area (Å²) in [7, 11) is 1.39. The molecule has 1 aliphatic rings. The van der Waals surface area contributed by atoms with Gasteiger partial charge < -0.3 is 0 Å². The number of hydrogen-bond donors (Lipinski definition) is 1. The zero-order valence-electron chi connectivity index (χ0n) is 10.7. The van der Waals surface area contributed by atoms with Gasteiger partial charge in [-0.3, -0.25) is 19.8 Å². The van der Waals surface area contributed by atoms with Crippen LogP contribution in [0.15, 0.2) is 11.6 Å². The molecule has 94 valence electrons. The van der Waals surface area contributed by atoms with Crippen molar-refractivity contribution < 1.29 is 14.4 Å². The first-order valence-corrected chi connectivity index (χ1v) is 5.62. The van der Waals surface area contributed by atoms with Crippen LogP contribution in [0.1, 0.15) is 33.6 Å². The zero-order chi connectivity index (χ0) is 13.2. The van der Waals surface area contributed by atoms with Crippen molar-refractivity contribution in [3.63, 3.8) is 0 Å². The molecular weight excluding hydrogens is 220 g/mol. The molecule has 0 bridgehead atoms. The number of allylic oxidation sites excluding steroid dienone is 2. The van der Waals surface area contributed by atoms with Crippen molar-refractivity contribution in [1.29, 1.82) is 0 Å². The standard InChI is InChI=1S/C12H18N2O3/c1-5-12(7-6-8(2)3)9(15)13-11(17)14(4)10(12)16/h6H,5,7H2,1-4H3,(H,13,15,17). The lowest BCUT2D eigenvalue weighted by Crippen LogP contribution is -2.62. The molecule has 1 fully saturated rings. The maximum Gasteiger partial charge on any atom is 0.330 e. The predicted molar refractivity (Wildman–Crippen MR) is 63.1 cm³/mol. The van der Waals surface area contributed by atoms with Gasteiger partial charge in [-0.25, -0.2) is 4.79 Å². The number of nitrogens with zero attached hydrogens (tertiary/aromatic N) is 1. The highest BCUT2D eigenvalue weighted by Gasteiger charge is 2.50. The minimum absolute atomic E-state index is 0.327. The SMILES string of the molecule is CCC1(CC=C(C)C)C(=O)NC(=O)N(C)C1=O. The zero-order valence-corrected chi connectivity index (χ0v) is 10.7. The summed E-state index contributed by atoms with van der Waals surface area (Å²) >= 11 is 0. The molecule has 0 radical (unpaired) electrons.